The van der Waals surface area contributed by atoms with Gasteiger partial charge in [0.25, 0.3) is 0 Å². The molecule has 0 aliphatic heterocycles. The van der Waals surface area contributed by atoms with Crippen molar-refractivity contribution in [3.8, 4) is 0 Å². The number of rotatable bonds is 7. The Balaban J connectivity index is 0. The van der Waals surface area contributed by atoms with Crippen LogP contribution in [0.2, 0.25) is 0 Å². The lowest BCUT2D eigenvalue weighted by Gasteiger charge is -2.17. The molecule has 1 unspecified atom stereocenters. The molecule has 0 bridgehead atoms. The molecule has 0 spiro atoms. The van der Waals surface area contributed by atoms with Crippen LogP contribution in [-0.4, -0.2) is 25.6 Å². The second kappa shape index (κ2) is 13.1. The highest BCUT2D eigenvalue weighted by atomic mass is 127. The van der Waals surface area contributed by atoms with Gasteiger partial charge in [-0.3, -0.25) is 4.99 Å². The molecule has 4 heteroatoms. The predicted octanol–water partition coefficient (Wildman–Crippen LogP) is 3.15. The molecule has 98 valence electrons. The van der Waals surface area contributed by atoms with Crippen LogP contribution in [0.1, 0.15) is 52.9 Å². The van der Waals surface area contributed by atoms with Crippen molar-refractivity contribution in [3.63, 3.8) is 0 Å². The van der Waals surface area contributed by atoms with Crippen molar-refractivity contribution in [1.82, 2.24) is 10.6 Å². The summed E-state index contributed by atoms with van der Waals surface area (Å²) in [6.07, 6.45) is 6.55. The Morgan fingerprint density at radius 2 is 1.88 bits per heavy atom. The van der Waals surface area contributed by atoms with Crippen LogP contribution in [0.4, 0.5) is 0 Å². The summed E-state index contributed by atoms with van der Waals surface area (Å²) in [7, 11) is 1.81. The number of nitrogens with one attached hydrogen (secondary N) is 2. The topological polar surface area (TPSA) is 36.4 Å². The molecule has 3 nitrogen and oxygen atoms in total. The zero-order valence-corrected chi connectivity index (χ0v) is 13.5. The lowest BCUT2D eigenvalue weighted by Crippen LogP contribution is -2.42. The molecule has 2 N–H and O–H groups in total. The van der Waals surface area contributed by atoms with Crippen molar-refractivity contribution in [3.05, 3.63) is 0 Å². The Labute approximate surface area is 118 Å². The maximum Gasteiger partial charge on any atom is 0.191 e. The Kier molecular flexibility index (Phi) is 15.0. The first-order valence-corrected chi connectivity index (χ1v) is 6.21. The van der Waals surface area contributed by atoms with E-state index in [0.29, 0.717) is 6.04 Å². The van der Waals surface area contributed by atoms with E-state index in [1.54, 1.807) is 0 Å². The van der Waals surface area contributed by atoms with Gasteiger partial charge in [-0.2, -0.15) is 0 Å². The fraction of sp³-hybridized carbons (Fsp3) is 0.917. The van der Waals surface area contributed by atoms with E-state index >= 15 is 0 Å². The van der Waals surface area contributed by atoms with Crippen molar-refractivity contribution in [2.45, 2.75) is 58.9 Å². The van der Waals surface area contributed by atoms with Gasteiger partial charge >= 0.3 is 0 Å². The molecule has 0 amide bonds. The average molecular weight is 341 g/mol. The minimum Gasteiger partial charge on any atom is -0.357 e. The minimum atomic E-state index is 0. The number of hydrogen-bond acceptors (Lipinski definition) is 1. The monoisotopic (exact) mass is 341 g/mol. The summed E-state index contributed by atoms with van der Waals surface area (Å²) in [5, 5.41) is 6.59. The Hall–Kier alpha value is 0. The Morgan fingerprint density at radius 3 is 2.38 bits per heavy atom. The SMILES string of the molecule is CCCCCCC(C)NC(=NC)NCC.I. The van der Waals surface area contributed by atoms with Gasteiger partial charge in [0.2, 0.25) is 0 Å². The van der Waals surface area contributed by atoms with Crippen LogP contribution in [0.25, 0.3) is 0 Å². The number of halogens is 1. The van der Waals surface area contributed by atoms with E-state index in [4.69, 9.17) is 0 Å². The van der Waals surface area contributed by atoms with Crippen LogP contribution in [0.5, 0.6) is 0 Å². The highest BCUT2D eigenvalue weighted by molar-refractivity contribution is 14.0. The molecule has 0 fully saturated rings. The summed E-state index contributed by atoms with van der Waals surface area (Å²) in [5.74, 6) is 0.917. The van der Waals surface area contributed by atoms with Crippen LogP contribution >= 0.6 is 24.0 Å². The van der Waals surface area contributed by atoms with Gasteiger partial charge in [-0.25, -0.2) is 0 Å². The summed E-state index contributed by atoms with van der Waals surface area (Å²) >= 11 is 0. The quantitative estimate of drug-likeness (QED) is 0.323. The molecule has 0 aliphatic carbocycles. The normalized spacial score (nSPS) is 12.9. The van der Waals surface area contributed by atoms with Gasteiger partial charge in [0, 0.05) is 19.6 Å². The van der Waals surface area contributed by atoms with Crippen molar-refractivity contribution in [2.24, 2.45) is 4.99 Å². The van der Waals surface area contributed by atoms with E-state index in [9.17, 15) is 0 Å². The van der Waals surface area contributed by atoms with Gasteiger partial charge in [-0.15, -0.1) is 24.0 Å². The van der Waals surface area contributed by atoms with Gasteiger partial charge in [-0.05, 0) is 20.3 Å². The number of aliphatic imine (C=N–C) groups is 1. The average Bonchev–Trinajstić information content (AvgIpc) is 2.24. The lowest BCUT2D eigenvalue weighted by atomic mass is 10.1. The number of unbranched alkanes of at least 4 members (excludes halogenated alkanes) is 3. The molecule has 0 radical (unpaired) electrons. The zero-order chi connectivity index (χ0) is 11.5. The first kappa shape index (κ1) is 18.4. The zero-order valence-electron chi connectivity index (χ0n) is 11.2. The van der Waals surface area contributed by atoms with Crippen molar-refractivity contribution in [1.29, 1.82) is 0 Å². The highest BCUT2D eigenvalue weighted by Gasteiger charge is 2.03. The molecular weight excluding hydrogens is 313 g/mol. The fourth-order valence-electron chi connectivity index (χ4n) is 1.54. The van der Waals surface area contributed by atoms with Crippen molar-refractivity contribution < 1.29 is 0 Å². The van der Waals surface area contributed by atoms with Gasteiger partial charge in [0.1, 0.15) is 0 Å². The van der Waals surface area contributed by atoms with Crippen molar-refractivity contribution >= 4 is 29.9 Å². The van der Waals surface area contributed by atoms with Crippen molar-refractivity contribution in [2.75, 3.05) is 13.6 Å². The van der Waals surface area contributed by atoms with E-state index in [2.05, 4.69) is 36.4 Å². The Morgan fingerprint density at radius 1 is 1.19 bits per heavy atom. The molecule has 16 heavy (non-hydrogen) atoms. The molecule has 0 heterocycles. The highest BCUT2D eigenvalue weighted by Crippen LogP contribution is 2.04. The summed E-state index contributed by atoms with van der Waals surface area (Å²) in [4.78, 5) is 4.16. The van der Waals surface area contributed by atoms with Crippen LogP contribution < -0.4 is 10.6 Å². The predicted molar refractivity (Wildman–Crippen MR) is 83.8 cm³/mol. The van der Waals surface area contributed by atoms with Crippen LogP contribution in [0, 0.1) is 0 Å². The second-order valence-electron chi connectivity index (χ2n) is 4.00. The van der Waals surface area contributed by atoms with Crippen LogP contribution in [-0.2, 0) is 0 Å². The van der Waals surface area contributed by atoms with E-state index in [0.717, 1.165) is 12.5 Å². The third-order valence-corrected chi connectivity index (χ3v) is 2.44. The summed E-state index contributed by atoms with van der Waals surface area (Å²) in [5.41, 5.74) is 0. The molecular formula is C12H28IN3. The van der Waals surface area contributed by atoms with Gasteiger partial charge in [-0.1, -0.05) is 32.6 Å². The maximum absolute atomic E-state index is 4.16. The van der Waals surface area contributed by atoms with E-state index in [-0.39, 0.29) is 24.0 Å². The second-order valence-corrected chi connectivity index (χ2v) is 4.00. The third-order valence-electron chi connectivity index (χ3n) is 2.44. The van der Waals surface area contributed by atoms with E-state index in [1.807, 2.05) is 7.05 Å². The molecule has 0 saturated carbocycles. The van der Waals surface area contributed by atoms with E-state index < -0.39 is 0 Å². The van der Waals surface area contributed by atoms with Gasteiger partial charge in [0.15, 0.2) is 5.96 Å². The molecule has 0 aromatic rings. The standard InChI is InChI=1S/C12H27N3.HI/c1-5-7-8-9-10-11(3)15-12(13-4)14-6-2;/h11H,5-10H2,1-4H3,(H2,13,14,15);1H. The molecule has 0 aliphatic rings. The number of hydrogen-bond donors (Lipinski definition) is 2. The Bertz CT molecular complexity index is 172. The smallest absolute Gasteiger partial charge is 0.191 e. The summed E-state index contributed by atoms with van der Waals surface area (Å²) in [6.45, 7) is 7.46. The number of nitrogens with zero attached hydrogens (tertiary/aromatic N) is 1. The molecule has 0 saturated heterocycles. The molecule has 0 aromatic heterocycles. The van der Waals surface area contributed by atoms with Gasteiger partial charge < -0.3 is 10.6 Å². The minimum absolute atomic E-state index is 0. The van der Waals surface area contributed by atoms with E-state index in [1.165, 1.54) is 32.1 Å². The summed E-state index contributed by atoms with van der Waals surface area (Å²) < 4.78 is 0. The maximum atomic E-state index is 4.16. The van der Waals surface area contributed by atoms with Gasteiger partial charge in [0.05, 0.1) is 0 Å². The largest absolute Gasteiger partial charge is 0.357 e. The molecule has 0 aromatic carbocycles. The first-order valence-electron chi connectivity index (χ1n) is 6.21. The summed E-state index contributed by atoms with van der Waals surface area (Å²) in [6, 6.07) is 0.514. The molecule has 0 rings (SSSR count). The van der Waals surface area contributed by atoms with Crippen LogP contribution in [0.15, 0.2) is 4.99 Å². The fourth-order valence-corrected chi connectivity index (χ4v) is 1.54. The lowest BCUT2D eigenvalue weighted by molar-refractivity contribution is 0.538. The first-order chi connectivity index (χ1) is 7.24. The van der Waals surface area contributed by atoms with Crippen LogP contribution in [0.3, 0.4) is 0 Å². The molecule has 1 atom stereocenters. The number of guanidine groups is 1. The third kappa shape index (κ3) is 10.5.